The second-order valence-electron chi connectivity index (χ2n) is 4.76. The van der Waals surface area contributed by atoms with Crippen LogP contribution < -0.4 is 11.3 Å². The van der Waals surface area contributed by atoms with E-state index in [2.05, 4.69) is 12.3 Å². The van der Waals surface area contributed by atoms with Gasteiger partial charge in [-0.2, -0.15) is 0 Å². The number of methoxy groups -OCH3 is 1. The van der Waals surface area contributed by atoms with E-state index in [-0.39, 0.29) is 0 Å². The molecule has 1 fully saturated rings. The van der Waals surface area contributed by atoms with E-state index in [1.54, 1.807) is 7.11 Å². The zero-order valence-electron chi connectivity index (χ0n) is 10.6. The molecule has 0 aromatic rings. The molecule has 4 nitrogen and oxygen atoms in total. The molecule has 0 spiro atoms. The maximum atomic E-state index is 5.74. The molecule has 0 radical (unpaired) electrons. The van der Waals surface area contributed by atoms with Crippen molar-refractivity contribution in [3.8, 4) is 0 Å². The number of hydrazine groups is 1. The SMILES string of the molecule is COCCC(C)C(CC1CCCCO1)NN. The quantitative estimate of drug-likeness (QED) is 0.513. The third kappa shape index (κ3) is 4.78. The molecule has 3 atom stereocenters. The number of nitrogens with one attached hydrogen (secondary N) is 1. The minimum Gasteiger partial charge on any atom is -0.385 e. The van der Waals surface area contributed by atoms with Gasteiger partial charge in [0, 0.05) is 26.4 Å². The van der Waals surface area contributed by atoms with Crippen LogP contribution >= 0.6 is 0 Å². The van der Waals surface area contributed by atoms with Crippen molar-refractivity contribution in [1.29, 1.82) is 0 Å². The van der Waals surface area contributed by atoms with Crippen molar-refractivity contribution >= 4 is 0 Å². The largest absolute Gasteiger partial charge is 0.385 e. The molecule has 1 rings (SSSR count). The summed E-state index contributed by atoms with van der Waals surface area (Å²) in [6, 6.07) is 0.332. The number of hydrogen-bond donors (Lipinski definition) is 2. The van der Waals surface area contributed by atoms with Crippen molar-refractivity contribution in [1.82, 2.24) is 5.43 Å². The number of hydrogen-bond acceptors (Lipinski definition) is 4. The lowest BCUT2D eigenvalue weighted by molar-refractivity contribution is 0.000554. The summed E-state index contributed by atoms with van der Waals surface area (Å²) in [6.45, 7) is 3.92. The van der Waals surface area contributed by atoms with Crippen LogP contribution in [0.3, 0.4) is 0 Å². The van der Waals surface area contributed by atoms with Crippen LogP contribution in [0.15, 0.2) is 0 Å². The molecule has 3 N–H and O–H groups in total. The molecule has 1 aliphatic rings. The molecule has 16 heavy (non-hydrogen) atoms. The molecule has 0 saturated carbocycles. The Balaban J connectivity index is 2.28. The third-order valence-corrected chi connectivity index (χ3v) is 3.47. The summed E-state index contributed by atoms with van der Waals surface area (Å²) in [4.78, 5) is 0. The first-order valence-electron chi connectivity index (χ1n) is 6.34. The number of ether oxygens (including phenoxy) is 2. The topological polar surface area (TPSA) is 56.5 Å². The van der Waals surface area contributed by atoms with Gasteiger partial charge in [0.05, 0.1) is 6.10 Å². The third-order valence-electron chi connectivity index (χ3n) is 3.47. The van der Waals surface area contributed by atoms with E-state index in [4.69, 9.17) is 15.3 Å². The Morgan fingerprint density at radius 2 is 2.31 bits per heavy atom. The van der Waals surface area contributed by atoms with Gasteiger partial charge in [-0.3, -0.25) is 11.3 Å². The first-order valence-corrected chi connectivity index (χ1v) is 6.34. The maximum absolute atomic E-state index is 5.74. The van der Waals surface area contributed by atoms with Gasteiger partial charge in [0.25, 0.3) is 0 Å². The Kier molecular flexibility index (Phi) is 6.96. The molecule has 96 valence electrons. The van der Waals surface area contributed by atoms with Gasteiger partial charge in [0.15, 0.2) is 0 Å². The second-order valence-corrected chi connectivity index (χ2v) is 4.76. The summed E-state index contributed by atoms with van der Waals surface area (Å²) in [5, 5.41) is 0. The summed E-state index contributed by atoms with van der Waals surface area (Å²) >= 11 is 0. The Bertz CT molecular complexity index is 172. The molecule has 4 heteroatoms. The average Bonchev–Trinajstić information content (AvgIpc) is 2.34. The van der Waals surface area contributed by atoms with Gasteiger partial charge in [-0.1, -0.05) is 6.92 Å². The minimum absolute atomic E-state index is 0.332. The van der Waals surface area contributed by atoms with E-state index in [1.165, 1.54) is 19.3 Å². The molecule has 3 unspecified atom stereocenters. The number of rotatable bonds is 7. The van der Waals surface area contributed by atoms with Gasteiger partial charge in [0.2, 0.25) is 0 Å². The van der Waals surface area contributed by atoms with Crippen LogP contribution in [0.1, 0.15) is 39.0 Å². The van der Waals surface area contributed by atoms with Crippen molar-refractivity contribution in [3.05, 3.63) is 0 Å². The highest BCUT2D eigenvalue weighted by molar-refractivity contribution is 4.77. The fraction of sp³-hybridized carbons (Fsp3) is 1.00. The molecular weight excluding hydrogens is 204 g/mol. The number of nitrogens with two attached hydrogens (primary N) is 1. The van der Waals surface area contributed by atoms with Crippen LogP contribution in [0.2, 0.25) is 0 Å². The molecule has 1 saturated heterocycles. The van der Waals surface area contributed by atoms with Crippen LogP contribution in [0.25, 0.3) is 0 Å². The molecule has 0 amide bonds. The Morgan fingerprint density at radius 3 is 2.88 bits per heavy atom. The highest BCUT2D eigenvalue weighted by atomic mass is 16.5. The molecule has 1 heterocycles. The Labute approximate surface area is 98.8 Å². The molecular formula is C12H26N2O2. The maximum Gasteiger partial charge on any atom is 0.0590 e. The first kappa shape index (κ1) is 13.9. The fourth-order valence-electron chi connectivity index (χ4n) is 2.25. The van der Waals surface area contributed by atoms with Gasteiger partial charge in [-0.05, 0) is 38.0 Å². The Morgan fingerprint density at radius 1 is 1.50 bits per heavy atom. The van der Waals surface area contributed by atoms with Crippen LogP contribution in [0, 0.1) is 5.92 Å². The summed E-state index contributed by atoms with van der Waals surface area (Å²) in [7, 11) is 1.74. The normalized spacial score (nSPS) is 25.3. The molecule has 0 aliphatic carbocycles. The second kappa shape index (κ2) is 8.01. The minimum atomic E-state index is 0.332. The van der Waals surface area contributed by atoms with Crippen molar-refractivity contribution in [2.45, 2.75) is 51.2 Å². The smallest absolute Gasteiger partial charge is 0.0590 e. The lowest BCUT2D eigenvalue weighted by atomic mass is 9.92. The van der Waals surface area contributed by atoms with Crippen molar-refractivity contribution < 1.29 is 9.47 Å². The average molecular weight is 230 g/mol. The van der Waals surface area contributed by atoms with E-state index in [0.29, 0.717) is 18.1 Å². The van der Waals surface area contributed by atoms with Gasteiger partial charge < -0.3 is 9.47 Å². The summed E-state index contributed by atoms with van der Waals surface area (Å²) in [6.07, 6.45) is 6.11. The molecule has 1 aliphatic heterocycles. The van der Waals surface area contributed by atoms with Crippen LogP contribution in [-0.2, 0) is 9.47 Å². The fourth-order valence-corrected chi connectivity index (χ4v) is 2.25. The summed E-state index contributed by atoms with van der Waals surface area (Å²) in [5.41, 5.74) is 2.92. The van der Waals surface area contributed by atoms with Gasteiger partial charge in [-0.25, -0.2) is 0 Å². The molecule has 0 aromatic heterocycles. The van der Waals surface area contributed by atoms with Crippen molar-refractivity contribution in [2.24, 2.45) is 11.8 Å². The molecule has 0 bridgehead atoms. The van der Waals surface area contributed by atoms with E-state index >= 15 is 0 Å². The van der Waals surface area contributed by atoms with Crippen LogP contribution in [-0.4, -0.2) is 32.5 Å². The monoisotopic (exact) mass is 230 g/mol. The zero-order chi connectivity index (χ0) is 11.8. The lowest BCUT2D eigenvalue weighted by Crippen LogP contribution is -2.43. The van der Waals surface area contributed by atoms with Crippen LogP contribution in [0.4, 0.5) is 0 Å². The molecule has 0 aromatic carbocycles. The van der Waals surface area contributed by atoms with Crippen molar-refractivity contribution in [2.75, 3.05) is 20.3 Å². The Hall–Kier alpha value is -0.160. The predicted octanol–water partition coefficient (Wildman–Crippen LogP) is 1.45. The van der Waals surface area contributed by atoms with E-state index in [0.717, 1.165) is 26.1 Å². The van der Waals surface area contributed by atoms with E-state index < -0.39 is 0 Å². The van der Waals surface area contributed by atoms with E-state index in [1.807, 2.05) is 0 Å². The van der Waals surface area contributed by atoms with E-state index in [9.17, 15) is 0 Å². The van der Waals surface area contributed by atoms with Crippen LogP contribution in [0.5, 0.6) is 0 Å². The summed E-state index contributed by atoms with van der Waals surface area (Å²) < 4.78 is 10.8. The van der Waals surface area contributed by atoms with Crippen molar-refractivity contribution in [3.63, 3.8) is 0 Å². The highest BCUT2D eigenvalue weighted by Crippen LogP contribution is 2.21. The lowest BCUT2D eigenvalue weighted by Gasteiger charge is -2.29. The first-order chi connectivity index (χ1) is 7.77. The van der Waals surface area contributed by atoms with Gasteiger partial charge in [-0.15, -0.1) is 0 Å². The van der Waals surface area contributed by atoms with Gasteiger partial charge >= 0.3 is 0 Å². The highest BCUT2D eigenvalue weighted by Gasteiger charge is 2.22. The van der Waals surface area contributed by atoms with Gasteiger partial charge in [0.1, 0.15) is 0 Å². The predicted molar refractivity (Wildman–Crippen MR) is 65.0 cm³/mol. The standard InChI is InChI=1S/C12H26N2O2/c1-10(6-8-15-2)12(14-13)9-11-5-3-4-7-16-11/h10-12,14H,3-9,13H2,1-2H3. The summed E-state index contributed by atoms with van der Waals surface area (Å²) in [5.74, 6) is 6.14. The zero-order valence-corrected chi connectivity index (χ0v) is 10.6.